The summed E-state index contributed by atoms with van der Waals surface area (Å²) in [6.07, 6.45) is 6.94. The van der Waals surface area contributed by atoms with Crippen LogP contribution >= 0.6 is 0 Å². The number of nitrogens with one attached hydrogen (secondary N) is 1. The zero-order valence-corrected chi connectivity index (χ0v) is 14.8. The Bertz CT molecular complexity index is 719. The summed E-state index contributed by atoms with van der Waals surface area (Å²) in [4.78, 5) is 19.3. The smallest absolute Gasteiger partial charge is 0.251 e. The Kier molecular flexibility index (Phi) is 5.53. The van der Waals surface area contributed by atoms with Crippen LogP contribution in [0.2, 0.25) is 0 Å². The monoisotopic (exact) mass is 338 g/mol. The van der Waals surface area contributed by atoms with Gasteiger partial charge in [0.05, 0.1) is 0 Å². The molecule has 0 saturated carbocycles. The van der Waals surface area contributed by atoms with E-state index in [1.54, 1.807) is 12.1 Å². The number of aryl methyl sites for hydroxylation is 1. The molecule has 25 heavy (non-hydrogen) atoms. The Labute approximate surface area is 149 Å². The predicted molar refractivity (Wildman–Crippen MR) is 102 cm³/mol. The highest BCUT2D eigenvalue weighted by Gasteiger charge is 2.12. The third-order valence-electron chi connectivity index (χ3n) is 4.70. The van der Waals surface area contributed by atoms with Crippen LogP contribution in [0.1, 0.15) is 47.2 Å². The van der Waals surface area contributed by atoms with E-state index in [4.69, 9.17) is 5.73 Å². The van der Waals surface area contributed by atoms with Crippen molar-refractivity contribution in [2.45, 2.75) is 39.2 Å². The molecule has 3 rings (SSSR count). The van der Waals surface area contributed by atoms with Gasteiger partial charge in [-0.3, -0.25) is 4.79 Å². The van der Waals surface area contributed by atoms with Crippen molar-refractivity contribution in [3.8, 4) is 0 Å². The lowest BCUT2D eigenvalue weighted by Gasteiger charge is -2.21. The Morgan fingerprint density at radius 2 is 1.92 bits per heavy atom. The molecule has 5 heteroatoms. The van der Waals surface area contributed by atoms with E-state index in [9.17, 15) is 4.79 Å². The third kappa shape index (κ3) is 4.50. The maximum atomic E-state index is 12.3. The second-order valence-electron chi connectivity index (χ2n) is 6.68. The molecule has 0 atom stereocenters. The summed E-state index contributed by atoms with van der Waals surface area (Å²) in [6, 6.07) is 9.48. The fraction of sp³-hybridized carbons (Fsp3) is 0.400. The zero-order chi connectivity index (χ0) is 17.6. The minimum Gasteiger partial charge on any atom is -0.399 e. The number of benzene rings is 1. The molecule has 0 spiro atoms. The van der Waals surface area contributed by atoms with Crippen molar-refractivity contribution in [3.05, 3.63) is 53.2 Å². The van der Waals surface area contributed by atoms with Crippen molar-refractivity contribution in [1.82, 2.24) is 10.3 Å². The maximum absolute atomic E-state index is 12.3. The molecule has 1 aliphatic heterocycles. The Morgan fingerprint density at radius 3 is 2.60 bits per heavy atom. The molecule has 1 amide bonds. The number of anilines is 2. The van der Waals surface area contributed by atoms with Gasteiger partial charge in [-0.05, 0) is 49.1 Å². The number of nitrogen functional groups attached to an aromatic ring is 1. The summed E-state index contributed by atoms with van der Waals surface area (Å²) < 4.78 is 0. The van der Waals surface area contributed by atoms with E-state index in [1.165, 1.54) is 25.7 Å². The van der Waals surface area contributed by atoms with Crippen molar-refractivity contribution in [2.24, 2.45) is 0 Å². The summed E-state index contributed by atoms with van der Waals surface area (Å²) in [5, 5.41) is 2.94. The fourth-order valence-corrected chi connectivity index (χ4v) is 3.17. The van der Waals surface area contributed by atoms with Crippen LogP contribution < -0.4 is 16.0 Å². The van der Waals surface area contributed by atoms with Crippen molar-refractivity contribution in [1.29, 1.82) is 0 Å². The number of hydrogen-bond donors (Lipinski definition) is 2. The topological polar surface area (TPSA) is 71.2 Å². The van der Waals surface area contributed by atoms with Crippen LogP contribution in [0.4, 0.5) is 11.5 Å². The second-order valence-corrected chi connectivity index (χ2v) is 6.68. The highest BCUT2D eigenvalue weighted by molar-refractivity contribution is 5.96. The van der Waals surface area contributed by atoms with Crippen LogP contribution in [0.15, 0.2) is 36.5 Å². The zero-order valence-electron chi connectivity index (χ0n) is 14.8. The van der Waals surface area contributed by atoms with Crippen LogP contribution in [-0.4, -0.2) is 24.0 Å². The molecule has 0 bridgehead atoms. The van der Waals surface area contributed by atoms with E-state index in [0.29, 0.717) is 17.8 Å². The van der Waals surface area contributed by atoms with Gasteiger partial charge in [0.15, 0.2) is 0 Å². The molecule has 1 aliphatic rings. The van der Waals surface area contributed by atoms with E-state index in [0.717, 1.165) is 30.0 Å². The van der Waals surface area contributed by atoms with Gasteiger partial charge >= 0.3 is 0 Å². The number of carbonyl (C=O) groups is 1. The number of carbonyl (C=O) groups excluding carboxylic acids is 1. The Balaban J connectivity index is 1.59. The van der Waals surface area contributed by atoms with Crippen LogP contribution in [0.25, 0.3) is 0 Å². The minimum atomic E-state index is -0.110. The normalized spacial score (nSPS) is 14.8. The SMILES string of the molecule is Cc1ccc(N)cc1C(=O)NCc1ccc(N2CCCCCC2)nc1. The molecule has 2 heterocycles. The molecular weight excluding hydrogens is 312 g/mol. The van der Waals surface area contributed by atoms with Gasteiger partial charge in [0, 0.05) is 37.1 Å². The molecule has 1 fully saturated rings. The minimum absolute atomic E-state index is 0.110. The van der Waals surface area contributed by atoms with Crippen molar-refractivity contribution < 1.29 is 4.79 Å². The highest BCUT2D eigenvalue weighted by atomic mass is 16.1. The van der Waals surface area contributed by atoms with E-state index >= 15 is 0 Å². The van der Waals surface area contributed by atoms with Crippen molar-refractivity contribution in [3.63, 3.8) is 0 Å². The van der Waals surface area contributed by atoms with E-state index in [-0.39, 0.29) is 5.91 Å². The number of amides is 1. The molecule has 1 aromatic heterocycles. The first-order valence-corrected chi connectivity index (χ1v) is 8.98. The molecule has 3 N–H and O–H groups in total. The predicted octanol–water partition coefficient (Wildman–Crippen LogP) is 3.28. The van der Waals surface area contributed by atoms with Gasteiger partial charge in [0.1, 0.15) is 5.82 Å². The number of hydrogen-bond acceptors (Lipinski definition) is 4. The van der Waals surface area contributed by atoms with E-state index < -0.39 is 0 Å². The summed E-state index contributed by atoms with van der Waals surface area (Å²) in [5.41, 5.74) is 8.90. The number of nitrogens with zero attached hydrogens (tertiary/aromatic N) is 2. The molecule has 1 saturated heterocycles. The summed E-state index contributed by atoms with van der Waals surface area (Å²) in [5.74, 6) is 0.921. The van der Waals surface area contributed by atoms with Crippen LogP contribution in [0.3, 0.4) is 0 Å². The summed E-state index contributed by atoms with van der Waals surface area (Å²) >= 11 is 0. The average Bonchev–Trinajstić information content (AvgIpc) is 2.91. The molecule has 132 valence electrons. The van der Waals surface area contributed by atoms with E-state index in [1.807, 2.05) is 25.3 Å². The van der Waals surface area contributed by atoms with Gasteiger partial charge < -0.3 is 16.0 Å². The summed E-state index contributed by atoms with van der Waals surface area (Å²) in [7, 11) is 0. The lowest BCUT2D eigenvalue weighted by molar-refractivity contribution is 0.0950. The first-order chi connectivity index (χ1) is 12.1. The molecule has 5 nitrogen and oxygen atoms in total. The number of rotatable bonds is 4. The molecule has 0 aliphatic carbocycles. The third-order valence-corrected chi connectivity index (χ3v) is 4.70. The number of pyridine rings is 1. The standard InChI is InChI=1S/C20H26N4O/c1-15-6-8-17(21)12-18(15)20(25)23-14-16-7-9-19(22-13-16)24-10-4-2-3-5-11-24/h6-9,12-13H,2-5,10-11,14,21H2,1H3,(H,23,25). The van der Waals surface area contributed by atoms with E-state index in [2.05, 4.69) is 21.3 Å². The molecular formula is C20H26N4O. The summed E-state index contributed by atoms with van der Waals surface area (Å²) in [6.45, 7) is 4.53. The molecule has 0 unspecified atom stereocenters. The van der Waals surface area contributed by atoms with Crippen LogP contribution in [0.5, 0.6) is 0 Å². The molecule has 2 aromatic rings. The van der Waals surface area contributed by atoms with Gasteiger partial charge in [0.25, 0.3) is 5.91 Å². The van der Waals surface area contributed by atoms with Gasteiger partial charge in [-0.25, -0.2) is 4.98 Å². The van der Waals surface area contributed by atoms with Crippen molar-refractivity contribution >= 4 is 17.4 Å². The molecule has 0 radical (unpaired) electrons. The average molecular weight is 338 g/mol. The number of nitrogens with two attached hydrogens (primary N) is 1. The van der Waals surface area contributed by atoms with Gasteiger partial charge in [-0.2, -0.15) is 0 Å². The fourth-order valence-electron chi connectivity index (χ4n) is 3.17. The Hall–Kier alpha value is -2.56. The lowest BCUT2D eigenvalue weighted by Crippen LogP contribution is -2.25. The lowest BCUT2D eigenvalue weighted by atomic mass is 10.1. The number of aromatic nitrogens is 1. The largest absolute Gasteiger partial charge is 0.399 e. The van der Waals surface area contributed by atoms with Crippen LogP contribution in [0, 0.1) is 6.92 Å². The maximum Gasteiger partial charge on any atom is 0.251 e. The first-order valence-electron chi connectivity index (χ1n) is 8.98. The highest BCUT2D eigenvalue weighted by Crippen LogP contribution is 2.17. The second kappa shape index (κ2) is 8.01. The van der Waals surface area contributed by atoms with Gasteiger partial charge in [-0.15, -0.1) is 0 Å². The molecule has 1 aromatic carbocycles. The van der Waals surface area contributed by atoms with Gasteiger partial charge in [0.2, 0.25) is 0 Å². The van der Waals surface area contributed by atoms with Crippen LogP contribution in [-0.2, 0) is 6.54 Å². The first kappa shape index (κ1) is 17.3. The van der Waals surface area contributed by atoms with Gasteiger partial charge in [-0.1, -0.05) is 25.0 Å². The quantitative estimate of drug-likeness (QED) is 0.839. The Morgan fingerprint density at radius 1 is 1.16 bits per heavy atom. The van der Waals surface area contributed by atoms with Crippen molar-refractivity contribution in [2.75, 3.05) is 23.7 Å².